The molecular weight excluding hydrogens is 281 g/mol. The molecule has 96 valence electrons. The monoisotopic (exact) mass is 289 g/mol. The van der Waals surface area contributed by atoms with Gasteiger partial charge in [0.2, 0.25) is 0 Å². The summed E-state index contributed by atoms with van der Waals surface area (Å²) in [6.45, 7) is 0. The molecule has 0 atom stereocenters. The number of nitrogens with two attached hydrogens (primary N) is 2. The molecule has 0 amide bonds. The average Bonchev–Trinajstić information content (AvgIpc) is 2.63. The Balaban J connectivity index is 2.50. The number of anilines is 2. The molecule has 0 bridgehead atoms. The van der Waals surface area contributed by atoms with Crippen LogP contribution in [0.3, 0.4) is 0 Å². The van der Waals surface area contributed by atoms with Gasteiger partial charge in [-0.05, 0) is 17.8 Å². The number of hydrogen-bond acceptors (Lipinski definition) is 5. The summed E-state index contributed by atoms with van der Waals surface area (Å²) in [6.07, 6.45) is 0. The highest BCUT2D eigenvalue weighted by Gasteiger charge is 2.17. The van der Waals surface area contributed by atoms with Crippen molar-refractivity contribution in [2.24, 2.45) is 7.05 Å². The van der Waals surface area contributed by atoms with E-state index in [0.717, 1.165) is 11.8 Å². The Hall–Kier alpha value is -1.67. The topological polar surface area (TPSA) is 103 Å². The first kappa shape index (κ1) is 12.8. The van der Waals surface area contributed by atoms with Gasteiger partial charge in [-0.2, -0.15) is 0 Å². The first-order valence-electron chi connectivity index (χ1n) is 4.74. The van der Waals surface area contributed by atoms with Gasteiger partial charge in [0.15, 0.2) is 11.0 Å². The summed E-state index contributed by atoms with van der Waals surface area (Å²) < 4.78 is 15.1. The summed E-state index contributed by atoms with van der Waals surface area (Å²) in [6, 6.07) is 1.36. The quantitative estimate of drug-likeness (QED) is 0.721. The van der Waals surface area contributed by atoms with Crippen LogP contribution in [0.5, 0.6) is 0 Å². The van der Waals surface area contributed by atoms with Crippen LogP contribution >= 0.6 is 23.4 Å². The normalized spacial score (nSPS) is 10.8. The summed E-state index contributed by atoms with van der Waals surface area (Å²) in [4.78, 5) is 11.3. The largest absolute Gasteiger partial charge is 0.398 e. The lowest BCUT2D eigenvalue weighted by Gasteiger charge is -2.09. The highest BCUT2D eigenvalue weighted by molar-refractivity contribution is 7.99. The number of benzene rings is 1. The lowest BCUT2D eigenvalue weighted by atomic mass is 10.3. The smallest absolute Gasteiger partial charge is 0.343 e. The van der Waals surface area contributed by atoms with Crippen molar-refractivity contribution in [3.8, 4) is 0 Å². The minimum atomic E-state index is -0.727. The van der Waals surface area contributed by atoms with E-state index >= 15 is 0 Å². The SMILES string of the molecule is Cn1c(Sc2c(N)cc(N)c(Cl)c2F)n[nH]c1=O. The van der Waals surface area contributed by atoms with E-state index in [4.69, 9.17) is 23.1 Å². The standard InChI is InChI=1S/C9H9ClFN5OS/c1-16-8(17)14-15-9(16)18-7-4(13)2-3(12)5(10)6(7)11/h2H,12-13H2,1H3,(H,14,17). The van der Waals surface area contributed by atoms with Gasteiger partial charge in [-0.3, -0.25) is 4.57 Å². The van der Waals surface area contributed by atoms with Gasteiger partial charge < -0.3 is 11.5 Å². The Labute approximate surface area is 110 Å². The number of H-pyrrole nitrogens is 1. The second-order valence-corrected chi connectivity index (χ2v) is 4.84. The highest BCUT2D eigenvalue weighted by Crippen LogP contribution is 2.38. The Morgan fingerprint density at radius 2 is 2.17 bits per heavy atom. The second kappa shape index (κ2) is 4.54. The zero-order valence-corrected chi connectivity index (χ0v) is 10.8. The predicted molar refractivity (Wildman–Crippen MR) is 68.2 cm³/mol. The Morgan fingerprint density at radius 1 is 1.50 bits per heavy atom. The maximum atomic E-state index is 13.9. The van der Waals surface area contributed by atoms with Crippen molar-refractivity contribution < 1.29 is 4.39 Å². The molecule has 0 radical (unpaired) electrons. The van der Waals surface area contributed by atoms with Crippen molar-refractivity contribution in [3.63, 3.8) is 0 Å². The molecule has 2 rings (SSSR count). The van der Waals surface area contributed by atoms with Gasteiger partial charge in [0.05, 0.1) is 16.3 Å². The van der Waals surface area contributed by atoms with E-state index in [1.807, 2.05) is 0 Å². The van der Waals surface area contributed by atoms with Crippen molar-refractivity contribution in [1.29, 1.82) is 0 Å². The Bertz CT molecular complexity index is 668. The molecule has 0 aliphatic carbocycles. The molecule has 2 aromatic rings. The third kappa shape index (κ3) is 2.04. The number of nitrogens with one attached hydrogen (secondary N) is 1. The van der Waals surface area contributed by atoms with Crippen LogP contribution in [0.2, 0.25) is 5.02 Å². The zero-order valence-electron chi connectivity index (χ0n) is 9.20. The summed E-state index contributed by atoms with van der Waals surface area (Å²) >= 11 is 6.59. The first-order chi connectivity index (χ1) is 8.41. The molecule has 6 nitrogen and oxygen atoms in total. The number of nitrogens with zero attached hydrogens (tertiary/aromatic N) is 2. The fourth-order valence-electron chi connectivity index (χ4n) is 1.27. The van der Waals surface area contributed by atoms with Gasteiger partial charge in [0, 0.05) is 7.05 Å². The van der Waals surface area contributed by atoms with Gasteiger partial charge in [-0.15, -0.1) is 5.10 Å². The van der Waals surface area contributed by atoms with E-state index < -0.39 is 11.5 Å². The van der Waals surface area contributed by atoms with Crippen LogP contribution in [0.1, 0.15) is 0 Å². The third-order valence-corrected chi connectivity index (χ3v) is 3.80. The van der Waals surface area contributed by atoms with Gasteiger partial charge in [0.1, 0.15) is 5.02 Å². The summed E-state index contributed by atoms with van der Waals surface area (Å²) in [5.41, 5.74) is 10.9. The summed E-state index contributed by atoms with van der Waals surface area (Å²) in [7, 11) is 1.50. The number of aromatic amines is 1. The van der Waals surface area contributed by atoms with Crippen molar-refractivity contribution in [3.05, 3.63) is 27.4 Å². The van der Waals surface area contributed by atoms with Crippen LogP contribution < -0.4 is 17.2 Å². The molecule has 1 aromatic heterocycles. The third-order valence-electron chi connectivity index (χ3n) is 2.25. The van der Waals surface area contributed by atoms with Crippen molar-refractivity contribution >= 4 is 34.7 Å². The van der Waals surface area contributed by atoms with Gasteiger partial charge in [0.25, 0.3) is 0 Å². The molecule has 1 heterocycles. The maximum Gasteiger partial charge on any atom is 0.343 e. The summed E-state index contributed by atoms with van der Waals surface area (Å²) in [5, 5.41) is 6.04. The zero-order chi connectivity index (χ0) is 13.4. The Morgan fingerprint density at radius 3 is 2.72 bits per heavy atom. The minimum Gasteiger partial charge on any atom is -0.398 e. The first-order valence-corrected chi connectivity index (χ1v) is 5.93. The van der Waals surface area contributed by atoms with Crippen LogP contribution in [0.4, 0.5) is 15.8 Å². The molecule has 0 saturated carbocycles. The maximum absolute atomic E-state index is 13.9. The average molecular weight is 290 g/mol. The van der Waals surface area contributed by atoms with E-state index in [9.17, 15) is 9.18 Å². The molecule has 18 heavy (non-hydrogen) atoms. The number of nitrogen functional groups attached to an aromatic ring is 2. The fraction of sp³-hybridized carbons (Fsp3) is 0.111. The van der Waals surface area contributed by atoms with Crippen LogP contribution in [0, 0.1) is 5.82 Å². The predicted octanol–water partition coefficient (Wildman–Crippen LogP) is 1.22. The molecule has 5 N–H and O–H groups in total. The molecule has 0 aliphatic heterocycles. The number of hydrogen-bond donors (Lipinski definition) is 3. The van der Waals surface area contributed by atoms with Crippen molar-refractivity contribution in [1.82, 2.24) is 14.8 Å². The second-order valence-electron chi connectivity index (χ2n) is 3.48. The van der Waals surface area contributed by atoms with E-state index in [1.54, 1.807) is 0 Å². The fourth-order valence-corrected chi connectivity index (χ4v) is 2.34. The molecule has 0 fully saturated rings. The molecule has 0 aliphatic rings. The van der Waals surface area contributed by atoms with Gasteiger partial charge >= 0.3 is 5.69 Å². The van der Waals surface area contributed by atoms with Gasteiger partial charge in [-0.1, -0.05) is 11.6 Å². The molecule has 0 unspecified atom stereocenters. The summed E-state index contributed by atoms with van der Waals surface area (Å²) in [5.74, 6) is -0.727. The van der Waals surface area contributed by atoms with Crippen molar-refractivity contribution in [2.45, 2.75) is 10.1 Å². The van der Waals surface area contributed by atoms with Crippen LogP contribution in [0.15, 0.2) is 20.9 Å². The number of halogens is 2. The van der Waals surface area contributed by atoms with Crippen molar-refractivity contribution in [2.75, 3.05) is 11.5 Å². The molecule has 1 aromatic carbocycles. The molecule has 0 spiro atoms. The molecular formula is C9H9ClFN5OS. The minimum absolute atomic E-state index is 0.0620. The highest BCUT2D eigenvalue weighted by atomic mass is 35.5. The van der Waals surface area contributed by atoms with E-state index in [-0.39, 0.29) is 26.4 Å². The van der Waals surface area contributed by atoms with Crippen LogP contribution in [-0.4, -0.2) is 14.8 Å². The molecule has 0 saturated heterocycles. The van der Waals surface area contributed by atoms with Crippen LogP contribution in [0.25, 0.3) is 0 Å². The van der Waals surface area contributed by atoms with E-state index in [0.29, 0.717) is 0 Å². The van der Waals surface area contributed by atoms with E-state index in [2.05, 4.69) is 10.2 Å². The van der Waals surface area contributed by atoms with E-state index in [1.165, 1.54) is 17.7 Å². The Kier molecular flexibility index (Phi) is 3.22. The number of rotatable bonds is 2. The van der Waals surface area contributed by atoms with Crippen LogP contribution in [-0.2, 0) is 7.05 Å². The lowest BCUT2D eigenvalue weighted by Crippen LogP contribution is -2.13. The lowest BCUT2D eigenvalue weighted by molar-refractivity contribution is 0.604. The molecule has 9 heteroatoms. The van der Waals surface area contributed by atoms with Gasteiger partial charge in [-0.25, -0.2) is 14.3 Å². The number of aromatic nitrogens is 3.